The summed E-state index contributed by atoms with van der Waals surface area (Å²) in [4.78, 5) is 34.6. The normalized spacial score (nSPS) is 11.2. The number of nitrogens with one attached hydrogen (secondary N) is 4. The number of fused-ring (bicyclic) bond motifs is 1. The first-order chi connectivity index (χ1) is 16.6. The molecule has 0 radical (unpaired) electrons. The zero-order chi connectivity index (χ0) is 25.2. The molecule has 35 heavy (non-hydrogen) atoms. The predicted molar refractivity (Wildman–Crippen MR) is 119 cm³/mol. The zero-order valence-corrected chi connectivity index (χ0v) is 17.8. The van der Waals surface area contributed by atoms with Crippen LogP contribution in [-0.4, -0.2) is 26.9 Å². The minimum atomic E-state index is -4.70. The number of rotatable bonds is 5. The Morgan fingerprint density at radius 1 is 1.00 bits per heavy atom. The van der Waals surface area contributed by atoms with Crippen LogP contribution in [0.15, 0.2) is 54.9 Å². The number of carbonyl (C=O) groups is 2. The summed E-state index contributed by atoms with van der Waals surface area (Å²) in [6, 6.07) is 6.90. The number of halogens is 4. The average molecular weight is 488 g/mol. The molecular weight excluding hydrogens is 472 g/mol. The van der Waals surface area contributed by atoms with Gasteiger partial charge in [-0.25, -0.2) is 14.2 Å². The summed E-state index contributed by atoms with van der Waals surface area (Å²) >= 11 is 0. The number of imidazole rings is 1. The van der Waals surface area contributed by atoms with Gasteiger partial charge in [-0.3, -0.25) is 15.1 Å². The molecule has 0 unspecified atom stereocenters. The molecule has 0 aliphatic carbocycles. The van der Waals surface area contributed by atoms with E-state index in [0.717, 1.165) is 0 Å². The summed E-state index contributed by atoms with van der Waals surface area (Å²) in [5, 5.41) is 6.98. The Labute approximate surface area is 194 Å². The second-order valence-electron chi connectivity index (χ2n) is 7.19. The van der Waals surface area contributed by atoms with E-state index in [0.29, 0.717) is 35.0 Å². The summed E-state index contributed by atoms with van der Waals surface area (Å²) in [6.45, 7) is 1.34. The Balaban J connectivity index is 1.51. The summed E-state index contributed by atoms with van der Waals surface area (Å²) in [5.41, 5.74) is -0.518. The molecule has 2 aromatic heterocycles. The molecule has 0 saturated heterocycles. The monoisotopic (exact) mass is 488 g/mol. The van der Waals surface area contributed by atoms with Gasteiger partial charge in [0.1, 0.15) is 11.6 Å². The molecule has 4 N–H and O–H groups in total. The van der Waals surface area contributed by atoms with E-state index in [4.69, 9.17) is 4.74 Å². The number of anilines is 3. The molecule has 2 heterocycles. The van der Waals surface area contributed by atoms with Crippen LogP contribution in [0, 0.1) is 5.82 Å². The van der Waals surface area contributed by atoms with Gasteiger partial charge in [0.2, 0.25) is 11.9 Å². The molecule has 0 fully saturated rings. The number of H-pyrrole nitrogens is 1. The minimum Gasteiger partial charge on any atom is -0.453 e. The van der Waals surface area contributed by atoms with Crippen LogP contribution in [0.4, 0.5) is 39.7 Å². The predicted octanol–water partition coefficient (Wildman–Crippen LogP) is 5.51. The quantitative estimate of drug-likeness (QED) is 0.276. The molecule has 0 bridgehead atoms. The van der Waals surface area contributed by atoms with Crippen LogP contribution >= 0.6 is 0 Å². The van der Waals surface area contributed by atoms with Gasteiger partial charge in [0.05, 0.1) is 34.2 Å². The smallest absolute Gasteiger partial charge is 0.416 e. The number of nitrogens with zero attached hydrogens (tertiary/aromatic N) is 2. The summed E-state index contributed by atoms with van der Waals surface area (Å²) in [6.07, 6.45) is -2.04. The highest BCUT2D eigenvalue weighted by atomic mass is 19.4. The van der Waals surface area contributed by atoms with Crippen molar-refractivity contribution in [3.05, 3.63) is 66.2 Å². The molecule has 0 aliphatic rings. The van der Waals surface area contributed by atoms with Crippen molar-refractivity contribution in [2.24, 2.45) is 0 Å². The van der Waals surface area contributed by atoms with Gasteiger partial charge in [-0.05, 0) is 36.4 Å². The number of carbonyl (C=O) groups excluding carboxylic acids is 2. The zero-order valence-electron chi connectivity index (χ0n) is 17.8. The van der Waals surface area contributed by atoms with Crippen molar-refractivity contribution in [1.29, 1.82) is 0 Å². The molecule has 0 aliphatic heterocycles. The lowest BCUT2D eigenvalue weighted by atomic mass is 10.2. The van der Waals surface area contributed by atoms with E-state index in [2.05, 4.69) is 30.9 Å². The molecule has 0 spiro atoms. The van der Waals surface area contributed by atoms with Crippen LogP contribution in [0.2, 0.25) is 0 Å². The van der Waals surface area contributed by atoms with Crippen LogP contribution in [0.1, 0.15) is 12.5 Å². The standard InChI is InChI=1S/C22H16F4N6O3/c1-11(33)28-20-29-15-5-3-13(9-18(15)30-20)35-19-10-27-7-6-16(19)31-21(34)32-17-8-12(22(24,25)26)2-4-14(17)23/h2-10H,1H3,(H2,27,31,32,34)(H2,28,29,30,33). The lowest BCUT2D eigenvalue weighted by Crippen LogP contribution is -2.21. The van der Waals surface area contributed by atoms with Gasteiger partial charge >= 0.3 is 12.2 Å². The number of ether oxygens (including phenoxy) is 1. The molecule has 180 valence electrons. The van der Waals surface area contributed by atoms with Crippen molar-refractivity contribution in [3.63, 3.8) is 0 Å². The number of hydrogen-bond acceptors (Lipinski definition) is 5. The van der Waals surface area contributed by atoms with E-state index in [9.17, 15) is 27.2 Å². The first-order valence-corrected chi connectivity index (χ1v) is 9.92. The summed E-state index contributed by atoms with van der Waals surface area (Å²) in [7, 11) is 0. The number of alkyl halides is 3. The highest BCUT2D eigenvalue weighted by Gasteiger charge is 2.31. The van der Waals surface area contributed by atoms with Crippen LogP contribution in [0.25, 0.3) is 11.0 Å². The first-order valence-electron chi connectivity index (χ1n) is 9.92. The number of urea groups is 1. The van der Waals surface area contributed by atoms with Gasteiger partial charge in [-0.15, -0.1) is 0 Å². The number of aromatic amines is 1. The van der Waals surface area contributed by atoms with Gasteiger partial charge in [-0.2, -0.15) is 13.2 Å². The number of pyridine rings is 1. The molecule has 4 aromatic rings. The van der Waals surface area contributed by atoms with E-state index in [1.165, 1.54) is 25.4 Å². The lowest BCUT2D eigenvalue weighted by molar-refractivity contribution is -0.137. The van der Waals surface area contributed by atoms with E-state index in [1.807, 2.05) is 0 Å². The fourth-order valence-corrected chi connectivity index (χ4v) is 3.04. The van der Waals surface area contributed by atoms with Crippen LogP contribution in [0.3, 0.4) is 0 Å². The maximum atomic E-state index is 13.9. The Kier molecular flexibility index (Phi) is 6.23. The molecule has 2 aromatic carbocycles. The van der Waals surface area contributed by atoms with Crippen LogP contribution in [-0.2, 0) is 11.0 Å². The number of aromatic nitrogens is 3. The van der Waals surface area contributed by atoms with E-state index < -0.39 is 29.3 Å². The van der Waals surface area contributed by atoms with Gasteiger partial charge in [-0.1, -0.05) is 0 Å². The summed E-state index contributed by atoms with van der Waals surface area (Å²) < 4.78 is 58.4. The molecule has 9 nitrogen and oxygen atoms in total. The molecule has 0 saturated carbocycles. The number of amides is 3. The van der Waals surface area contributed by atoms with Crippen molar-refractivity contribution >= 4 is 40.3 Å². The van der Waals surface area contributed by atoms with E-state index in [1.54, 1.807) is 18.2 Å². The fraction of sp³-hybridized carbons (Fsp3) is 0.0909. The van der Waals surface area contributed by atoms with Gasteiger partial charge in [0.15, 0.2) is 5.75 Å². The van der Waals surface area contributed by atoms with Crippen LogP contribution < -0.4 is 20.7 Å². The molecular formula is C22H16F4N6O3. The maximum absolute atomic E-state index is 13.9. The third-order valence-electron chi connectivity index (χ3n) is 4.55. The Bertz CT molecular complexity index is 1420. The van der Waals surface area contributed by atoms with Crippen molar-refractivity contribution in [2.75, 3.05) is 16.0 Å². The third-order valence-corrected chi connectivity index (χ3v) is 4.55. The van der Waals surface area contributed by atoms with Crippen molar-refractivity contribution in [3.8, 4) is 11.5 Å². The van der Waals surface area contributed by atoms with E-state index in [-0.39, 0.29) is 23.3 Å². The van der Waals surface area contributed by atoms with Crippen molar-refractivity contribution < 1.29 is 31.9 Å². The largest absolute Gasteiger partial charge is 0.453 e. The fourth-order valence-electron chi connectivity index (χ4n) is 3.04. The van der Waals surface area contributed by atoms with Crippen molar-refractivity contribution in [2.45, 2.75) is 13.1 Å². The molecule has 0 atom stereocenters. The lowest BCUT2D eigenvalue weighted by Gasteiger charge is -2.14. The minimum absolute atomic E-state index is 0.105. The Hall–Kier alpha value is -4.68. The second-order valence-corrected chi connectivity index (χ2v) is 7.19. The molecule has 13 heteroatoms. The Morgan fingerprint density at radius 3 is 2.51 bits per heavy atom. The van der Waals surface area contributed by atoms with Crippen molar-refractivity contribution in [1.82, 2.24) is 15.0 Å². The highest BCUT2D eigenvalue weighted by Crippen LogP contribution is 2.33. The average Bonchev–Trinajstić information content (AvgIpc) is 3.16. The topological polar surface area (TPSA) is 121 Å². The van der Waals surface area contributed by atoms with Gasteiger partial charge < -0.3 is 20.4 Å². The molecule has 4 rings (SSSR count). The van der Waals surface area contributed by atoms with Gasteiger partial charge in [0.25, 0.3) is 0 Å². The first kappa shape index (κ1) is 23.5. The highest BCUT2D eigenvalue weighted by molar-refractivity contribution is 6.00. The molecule has 3 amide bonds. The second kappa shape index (κ2) is 9.29. The SMILES string of the molecule is CC(=O)Nc1nc2ccc(Oc3cnccc3NC(=O)Nc3cc(C(F)(F)F)ccc3F)cc2[nH]1. The van der Waals surface area contributed by atoms with E-state index >= 15 is 0 Å². The number of benzene rings is 2. The van der Waals surface area contributed by atoms with Crippen LogP contribution in [0.5, 0.6) is 11.5 Å². The maximum Gasteiger partial charge on any atom is 0.416 e. The number of hydrogen-bond donors (Lipinski definition) is 4. The summed E-state index contributed by atoms with van der Waals surface area (Å²) in [5.74, 6) is -0.642. The Morgan fingerprint density at radius 2 is 1.77 bits per heavy atom. The van der Waals surface area contributed by atoms with Gasteiger partial charge in [0, 0.05) is 19.2 Å². The third kappa shape index (κ3) is 5.63.